The van der Waals surface area contributed by atoms with Crippen LogP contribution in [0.3, 0.4) is 0 Å². The van der Waals surface area contributed by atoms with Crippen molar-refractivity contribution in [2.45, 2.75) is 6.54 Å². The highest BCUT2D eigenvalue weighted by atomic mass is 19.2. The zero-order valence-electron chi connectivity index (χ0n) is 11.3. The number of para-hydroxylation sites is 1. The number of nitrogens with zero attached hydrogens (tertiary/aromatic N) is 1. The second kappa shape index (κ2) is 5.61. The summed E-state index contributed by atoms with van der Waals surface area (Å²) in [6, 6.07) is 11.1. The predicted molar refractivity (Wildman–Crippen MR) is 76.2 cm³/mol. The van der Waals surface area contributed by atoms with E-state index in [9.17, 15) is 13.6 Å². The second-order valence-corrected chi connectivity index (χ2v) is 4.86. The monoisotopic (exact) mass is 288 g/mol. The Morgan fingerprint density at radius 2 is 1.90 bits per heavy atom. The van der Waals surface area contributed by atoms with Crippen molar-refractivity contribution < 1.29 is 13.6 Å². The van der Waals surface area contributed by atoms with Crippen LogP contribution in [0.2, 0.25) is 0 Å². The molecule has 2 aromatic rings. The van der Waals surface area contributed by atoms with Gasteiger partial charge in [0.05, 0.1) is 5.56 Å². The quantitative estimate of drug-likeness (QED) is 0.875. The molecule has 0 saturated heterocycles. The fourth-order valence-electron chi connectivity index (χ4n) is 2.48. The van der Waals surface area contributed by atoms with Crippen LogP contribution in [0.15, 0.2) is 42.5 Å². The van der Waals surface area contributed by atoms with Crippen molar-refractivity contribution in [3.8, 4) is 0 Å². The number of fused-ring (bicyclic) bond motifs is 1. The molecular formula is C16H14F2N2O. The van der Waals surface area contributed by atoms with Gasteiger partial charge in [-0.15, -0.1) is 0 Å². The average molecular weight is 288 g/mol. The maximum absolute atomic E-state index is 13.8. The van der Waals surface area contributed by atoms with Crippen LogP contribution in [0, 0.1) is 11.6 Å². The standard InChI is InChI=1S/C16H14F2N2O/c17-13-6-3-5-12(15(13)18)16(21)20-9-8-19-10-11-4-1-2-7-14(11)20/h1-7,19H,8-10H2. The number of nitrogens with one attached hydrogen (secondary N) is 1. The van der Waals surface area contributed by atoms with E-state index in [-0.39, 0.29) is 5.56 Å². The van der Waals surface area contributed by atoms with E-state index in [1.165, 1.54) is 17.0 Å². The average Bonchev–Trinajstić information content (AvgIpc) is 2.72. The van der Waals surface area contributed by atoms with Crippen LogP contribution >= 0.6 is 0 Å². The number of hydrogen-bond donors (Lipinski definition) is 1. The van der Waals surface area contributed by atoms with Crippen LogP contribution in [0.1, 0.15) is 15.9 Å². The van der Waals surface area contributed by atoms with Crippen LogP contribution < -0.4 is 10.2 Å². The molecule has 0 bridgehead atoms. The largest absolute Gasteiger partial charge is 0.311 e. The maximum Gasteiger partial charge on any atom is 0.261 e. The molecule has 3 nitrogen and oxygen atoms in total. The Morgan fingerprint density at radius 1 is 1.10 bits per heavy atom. The summed E-state index contributed by atoms with van der Waals surface area (Å²) in [6.07, 6.45) is 0. The Morgan fingerprint density at radius 3 is 2.76 bits per heavy atom. The number of carbonyl (C=O) groups excluding carboxylic acids is 1. The summed E-state index contributed by atoms with van der Waals surface area (Å²) in [5.74, 6) is -2.64. The summed E-state index contributed by atoms with van der Waals surface area (Å²) >= 11 is 0. The Kier molecular flexibility index (Phi) is 3.66. The van der Waals surface area contributed by atoms with Gasteiger partial charge in [-0.05, 0) is 23.8 Å². The molecule has 2 aromatic carbocycles. The lowest BCUT2D eigenvalue weighted by Crippen LogP contribution is -2.35. The van der Waals surface area contributed by atoms with Gasteiger partial charge < -0.3 is 10.2 Å². The van der Waals surface area contributed by atoms with Crippen molar-refractivity contribution in [3.05, 3.63) is 65.2 Å². The normalized spacial score (nSPS) is 14.5. The minimum absolute atomic E-state index is 0.244. The van der Waals surface area contributed by atoms with E-state index < -0.39 is 17.5 Å². The fraction of sp³-hybridized carbons (Fsp3) is 0.188. The Labute approximate surface area is 121 Å². The van der Waals surface area contributed by atoms with Crippen LogP contribution in [0.25, 0.3) is 0 Å². The van der Waals surface area contributed by atoms with Crippen molar-refractivity contribution in [1.82, 2.24) is 5.32 Å². The third-order valence-corrected chi connectivity index (χ3v) is 3.54. The summed E-state index contributed by atoms with van der Waals surface area (Å²) < 4.78 is 27.2. The van der Waals surface area contributed by atoms with Crippen LogP contribution in [0.4, 0.5) is 14.5 Å². The summed E-state index contributed by atoms with van der Waals surface area (Å²) in [5.41, 5.74) is 1.45. The van der Waals surface area contributed by atoms with Gasteiger partial charge in [-0.1, -0.05) is 24.3 Å². The van der Waals surface area contributed by atoms with E-state index in [1.807, 2.05) is 24.3 Å². The van der Waals surface area contributed by atoms with Crippen molar-refractivity contribution in [2.75, 3.05) is 18.0 Å². The molecule has 0 spiro atoms. The first-order valence-corrected chi connectivity index (χ1v) is 6.73. The van der Waals surface area contributed by atoms with E-state index in [2.05, 4.69) is 5.32 Å². The van der Waals surface area contributed by atoms with Crippen LogP contribution in [-0.4, -0.2) is 19.0 Å². The van der Waals surface area contributed by atoms with Gasteiger partial charge in [-0.2, -0.15) is 0 Å². The zero-order valence-corrected chi connectivity index (χ0v) is 11.3. The van der Waals surface area contributed by atoms with E-state index >= 15 is 0 Å². The van der Waals surface area contributed by atoms with Crippen LogP contribution in [-0.2, 0) is 6.54 Å². The molecule has 0 atom stereocenters. The van der Waals surface area contributed by atoms with Crippen molar-refractivity contribution in [3.63, 3.8) is 0 Å². The van der Waals surface area contributed by atoms with Gasteiger partial charge in [0, 0.05) is 25.3 Å². The van der Waals surface area contributed by atoms with Gasteiger partial charge >= 0.3 is 0 Å². The topological polar surface area (TPSA) is 32.3 Å². The maximum atomic E-state index is 13.8. The van der Waals surface area contributed by atoms with Gasteiger partial charge in [0.15, 0.2) is 11.6 Å². The van der Waals surface area contributed by atoms with Gasteiger partial charge in [0.1, 0.15) is 0 Å². The summed E-state index contributed by atoms with van der Waals surface area (Å²) in [7, 11) is 0. The molecule has 21 heavy (non-hydrogen) atoms. The Balaban J connectivity index is 2.03. The first-order chi connectivity index (χ1) is 10.2. The molecule has 0 unspecified atom stereocenters. The number of benzene rings is 2. The minimum atomic E-state index is -1.10. The first-order valence-electron chi connectivity index (χ1n) is 6.73. The molecule has 1 heterocycles. The number of anilines is 1. The smallest absolute Gasteiger partial charge is 0.261 e. The highest BCUT2D eigenvalue weighted by Crippen LogP contribution is 2.25. The molecule has 5 heteroatoms. The highest BCUT2D eigenvalue weighted by Gasteiger charge is 2.25. The molecule has 3 rings (SSSR count). The van der Waals surface area contributed by atoms with Crippen molar-refractivity contribution >= 4 is 11.6 Å². The lowest BCUT2D eigenvalue weighted by Gasteiger charge is -2.22. The minimum Gasteiger partial charge on any atom is -0.311 e. The molecule has 1 amide bonds. The Hall–Kier alpha value is -2.27. The molecule has 0 aromatic heterocycles. The molecule has 1 aliphatic rings. The lowest BCUT2D eigenvalue weighted by molar-refractivity contribution is 0.0982. The molecule has 0 saturated carbocycles. The van der Waals surface area contributed by atoms with Crippen molar-refractivity contribution in [1.29, 1.82) is 0 Å². The van der Waals surface area contributed by atoms with Gasteiger partial charge in [-0.3, -0.25) is 4.79 Å². The highest BCUT2D eigenvalue weighted by molar-refractivity contribution is 6.06. The molecule has 1 N–H and O–H groups in total. The molecule has 0 aliphatic carbocycles. The van der Waals surface area contributed by atoms with E-state index in [1.54, 1.807) is 0 Å². The molecule has 0 fully saturated rings. The van der Waals surface area contributed by atoms with E-state index in [0.29, 0.717) is 19.6 Å². The first kappa shape index (κ1) is 13.7. The second-order valence-electron chi connectivity index (χ2n) is 4.86. The SMILES string of the molecule is O=C(c1cccc(F)c1F)N1CCNCc2ccccc21. The van der Waals surface area contributed by atoms with Gasteiger partial charge in [-0.25, -0.2) is 8.78 Å². The molecule has 108 valence electrons. The van der Waals surface area contributed by atoms with E-state index in [4.69, 9.17) is 0 Å². The summed E-state index contributed by atoms with van der Waals surface area (Å²) in [5, 5.41) is 3.20. The number of carbonyl (C=O) groups is 1. The number of halogens is 2. The zero-order chi connectivity index (χ0) is 14.8. The molecule has 0 radical (unpaired) electrons. The Bertz CT molecular complexity index is 688. The molecule has 1 aliphatic heterocycles. The lowest BCUT2D eigenvalue weighted by atomic mass is 10.1. The number of hydrogen-bond acceptors (Lipinski definition) is 2. The van der Waals surface area contributed by atoms with Crippen molar-refractivity contribution in [2.24, 2.45) is 0 Å². The summed E-state index contributed by atoms with van der Waals surface area (Å²) in [6.45, 7) is 1.65. The third kappa shape index (κ3) is 2.52. The number of rotatable bonds is 1. The fourth-order valence-corrected chi connectivity index (χ4v) is 2.48. The number of amides is 1. The third-order valence-electron chi connectivity index (χ3n) is 3.54. The van der Waals surface area contributed by atoms with E-state index in [0.717, 1.165) is 17.3 Å². The van der Waals surface area contributed by atoms with Gasteiger partial charge in [0.25, 0.3) is 5.91 Å². The molecular weight excluding hydrogens is 274 g/mol. The van der Waals surface area contributed by atoms with Crippen LogP contribution in [0.5, 0.6) is 0 Å². The van der Waals surface area contributed by atoms with Gasteiger partial charge in [0.2, 0.25) is 0 Å². The summed E-state index contributed by atoms with van der Waals surface area (Å²) in [4.78, 5) is 14.1. The predicted octanol–water partition coefficient (Wildman–Crippen LogP) is 2.71.